The number of rotatable bonds is 2. The zero-order valence-corrected chi connectivity index (χ0v) is 12.4. The van der Waals surface area contributed by atoms with Crippen molar-refractivity contribution in [2.45, 2.75) is 6.92 Å². The van der Waals surface area contributed by atoms with Crippen LogP contribution in [0, 0.1) is 6.92 Å². The molecular formula is C17H16N2O3. The first-order valence-corrected chi connectivity index (χ1v) is 6.96. The standard InChI is InChI=1S/C17H16N2O3/c1-11-3-5-12(6-4-11)17(21)18-13-7-8-15-14(9-13)19(2)16(20)10-22-15/h3-9H,10H2,1-2H3,(H,18,21). The Morgan fingerprint density at radius 1 is 1.18 bits per heavy atom. The van der Waals surface area contributed by atoms with E-state index in [1.54, 1.807) is 37.4 Å². The highest BCUT2D eigenvalue weighted by atomic mass is 16.5. The second-order valence-electron chi connectivity index (χ2n) is 5.24. The van der Waals surface area contributed by atoms with Gasteiger partial charge in [-0.25, -0.2) is 0 Å². The minimum atomic E-state index is -0.189. The summed E-state index contributed by atoms with van der Waals surface area (Å²) in [6, 6.07) is 12.6. The first-order chi connectivity index (χ1) is 10.5. The lowest BCUT2D eigenvalue weighted by atomic mass is 10.1. The molecule has 0 spiro atoms. The molecule has 0 saturated heterocycles. The number of benzene rings is 2. The molecule has 0 radical (unpaired) electrons. The van der Waals surface area contributed by atoms with Crippen LogP contribution < -0.4 is 15.0 Å². The largest absolute Gasteiger partial charge is 0.482 e. The number of nitrogens with zero attached hydrogens (tertiary/aromatic N) is 1. The van der Waals surface area contributed by atoms with Crippen molar-refractivity contribution in [1.29, 1.82) is 0 Å². The van der Waals surface area contributed by atoms with Gasteiger partial charge in [0.1, 0.15) is 5.75 Å². The summed E-state index contributed by atoms with van der Waals surface area (Å²) in [6.45, 7) is 2.01. The molecule has 0 fully saturated rings. The number of aryl methyl sites for hydroxylation is 1. The van der Waals surface area contributed by atoms with Gasteiger partial charge in [0.05, 0.1) is 5.69 Å². The van der Waals surface area contributed by atoms with Gasteiger partial charge in [0, 0.05) is 18.3 Å². The van der Waals surface area contributed by atoms with E-state index in [0.717, 1.165) is 5.56 Å². The van der Waals surface area contributed by atoms with E-state index in [0.29, 0.717) is 22.7 Å². The molecule has 1 aliphatic heterocycles. The highest BCUT2D eigenvalue weighted by Crippen LogP contribution is 2.33. The summed E-state index contributed by atoms with van der Waals surface area (Å²) in [7, 11) is 1.69. The molecule has 0 aromatic heterocycles. The van der Waals surface area contributed by atoms with E-state index in [9.17, 15) is 9.59 Å². The Labute approximate surface area is 128 Å². The van der Waals surface area contributed by atoms with Crippen LogP contribution in [0.1, 0.15) is 15.9 Å². The highest BCUT2D eigenvalue weighted by Gasteiger charge is 2.22. The van der Waals surface area contributed by atoms with Crippen molar-refractivity contribution in [3.63, 3.8) is 0 Å². The van der Waals surface area contributed by atoms with Crippen LogP contribution in [0.2, 0.25) is 0 Å². The first-order valence-electron chi connectivity index (χ1n) is 6.96. The molecule has 0 unspecified atom stereocenters. The molecule has 22 heavy (non-hydrogen) atoms. The summed E-state index contributed by atoms with van der Waals surface area (Å²) >= 11 is 0. The normalized spacial score (nSPS) is 13.4. The molecule has 0 aliphatic carbocycles. The van der Waals surface area contributed by atoms with Crippen LogP contribution in [0.4, 0.5) is 11.4 Å². The number of ether oxygens (including phenoxy) is 1. The Bertz CT molecular complexity index is 738. The third-order valence-corrected chi connectivity index (χ3v) is 3.62. The fourth-order valence-corrected chi connectivity index (χ4v) is 2.26. The molecule has 0 atom stereocenters. The zero-order chi connectivity index (χ0) is 15.7. The van der Waals surface area contributed by atoms with E-state index in [-0.39, 0.29) is 18.4 Å². The third-order valence-electron chi connectivity index (χ3n) is 3.62. The summed E-state index contributed by atoms with van der Waals surface area (Å²) in [5.41, 5.74) is 2.96. The van der Waals surface area contributed by atoms with E-state index >= 15 is 0 Å². The molecule has 2 aromatic rings. The molecule has 2 amide bonds. The van der Waals surface area contributed by atoms with E-state index < -0.39 is 0 Å². The minimum Gasteiger partial charge on any atom is -0.482 e. The lowest BCUT2D eigenvalue weighted by molar-refractivity contribution is -0.120. The van der Waals surface area contributed by atoms with Crippen LogP contribution in [0.3, 0.4) is 0 Å². The maximum absolute atomic E-state index is 12.2. The Morgan fingerprint density at radius 3 is 2.64 bits per heavy atom. The van der Waals surface area contributed by atoms with Gasteiger partial charge in [-0.3, -0.25) is 9.59 Å². The van der Waals surface area contributed by atoms with Crippen LogP contribution in [0.5, 0.6) is 5.75 Å². The molecule has 1 N–H and O–H groups in total. The topological polar surface area (TPSA) is 58.6 Å². The van der Waals surface area contributed by atoms with Crippen LogP contribution in [-0.2, 0) is 4.79 Å². The second kappa shape index (κ2) is 5.52. The Morgan fingerprint density at radius 2 is 1.91 bits per heavy atom. The lowest BCUT2D eigenvalue weighted by Gasteiger charge is -2.26. The smallest absolute Gasteiger partial charge is 0.264 e. The average Bonchev–Trinajstić information content (AvgIpc) is 2.52. The van der Waals surface area contributed by atoms with Gasteiger partial charge in [0.25, 0.3) is 11.8 Å². The number of likely N-dealkylation sites (N-methyl/N-ethyl adjacent to an activating group) is 1. The van der Waals surface area contributed by atoms with Crippen LogP contribution in [-0.4, -0.2) is 25.5 Å². The summed E-state index contributed by atoms with van der Waals surface area (Å²) in [5.74, 6) is 0.329. The van der Waals surface area contributed by atoms with Crippen LogP contribution >= 0.6 is 0 Å². The molecule has 112 valence electrons. The number of carbonyl (C=O) groups excluding carboxylic acids is 2. The van der Waals surface area contributed by atoms with Crippen molar-refractivity contribution in [3.05, 3.63) is 53.6 Å². The van der Waals surface area contributed by atoms with Gasteiger partial charge in [-0.2, -0.15) is 0 Å². The van der Waals surface area contributed by atoms with Gasteiger partial charge in [0.15, 0.2) is 6.61 Å². The highest BCUT2D eigenvalue weighted by molar-refractivity contribution is 6.05. The van der Waals surface area contributed by atoms with Crippen molar-refractivity contribution in [2.75, 3.05) is 23.9 Å². The quantitative estimate of drug-likeness (QED) is 0.926. The number of nitrogens with one attached hydrogen (secondary N) is 1. The van der Waals surface area contributed by atoms with Gasteiger partial charge >= 0.3 is 0 Å². The molecular weight excluding hydrogens is 280 g/mol. The van der Waals surface area contributed by atoms with Crippen molar-refractivity contribution >= 4 is 23.2 Å². The maximum atomic E-state index is 12.2. The Kier molecular flexibility index (Phi) is 3.55. The minimum absolute atomic E-state index is 0.0403. The molecule has 1 aliphatic rings. The Hall–Kier alpha value is -2.82. The summed E-state index contributed by atoms with van der Waals surface area (Å²) in [5, 5.41) is 2.83. The molecule has 0 bridgehead atoms. The number of amides is 2. The SMILES string of the molecule is Cc1ccc(C(=O)Nc2ccc3c(c2)N(C)C(=O)CO3)cc1. The zero-order valence-electron chi connectivity index (χ0n) is 12.4. The van der Waals surface area contributed by atoms with Crippen molar-refractivity contribution in [1.82, 2.24) is 0 Å². The third kappa shape index (κ3) is 2.65. The first kappa shape index (κ1) is 14.1. The van der Waals surface area contributed by atoms with Crippen molar-refractivity contribution < 1.29 is 14.3 Å². The van der Waals surface area contributed by atoms with E-state index in [2.05, 4.69) is 5.32 Å². The van der Waals surface area contributed by atoms with Gasteiger partial charge in [-0.1, -0.05) is 17.7 Å². The maximum Gasteiger partial charge on any atom is 0.264 e. The molecule has 0 saturated carbocycles. The van der Waals surface area contributed by atoms with Crippen molar-refractivity contribution in [3.8, 4) is 5.75 Å². The number of fused-ring (bicyclic) bond motifs is 1. The fourth-order valence-electron chi connectivity index (χ4n) is 2.26. The predicted molar refractivity (Wildman–Crippen MR) is 84.5 cm³/mol. The van der Waals surface area contributed by atoms with E-state index in [1.165, 1.54) is 4.90 Å². The van der Waals surface area contributed by atoms with Crippen LogP contribution in [0.15, 0.2) is 42.5 Å². The van der Waals surface area contributed by atoms with E-state index in [1.807, 2.05) is 19.1 Å². The average molecular weight is 296 g/mol. The van der Waals surface area contributed by atoms with E-state index in [4.69, 9.17) is 4.74 Å². The summed E-state index contributed by atoms with van der Waals surface area (Å²) in [6.07, 6.45) is 0. The molecule has 5 nitrogen and oxygen atoms in total. The number of carbonyl (C=O) groups is 2. The lowest BCUT2D eigenvalue weighted by Crippen LogP contribution is -2.35. The molecule has 3 rings (SSSR count). The second-order valence-corrected chi connectivity index (χ2v) is 5.24. The van der Waals surface area contributed by atoms with Crippen molar-refractivity contribution in [2.24, 2.45) is 0 Å². The predicted octanol–water partition coefficient (Wildman–Crippen LogP) is 2.60. The van der Waals surface area contributed by atoms with Gasteiger partial charge in [0.2, 0.25) is 0 Å². The van der Waals surface area contributed by atoms with Gasteiger partial charge in [-0.15, -0.1) is 0 Å². The van der Waals surface area contributed by atoms with Gasteiger partial charge in [-0.05, 0) is 37.3 Å². The number of hydrogen-bond acceptors (Lipinski definition) is 3. The Balaban J connectivity index is 1.83. The molecule has 1 heterocycles. The summed E-state index contributed by atoms with van der Waals surface area (Å²) < 4.78 is 5.36. The molecule has 5 heteroatoms. The number of hydrogen-bond donors (Lipinski definition) is 1. The van der Waals surface area contributed by atoms with Gasteiger partial charge < -0.3 is 15.0 Å². The summed E-state index contributed by atoms with van der Waals surface area (Å²) in [4.78, 5) is 25.4. The fraction of sp³-hybridized carbons (Fsp3) is 0.176. The molecule has 2 aromatic carbocycles. The monoisotopic (exact) mass is 296 g/mol. The van der Waals surface area contributed by atoms with Crippen LogP contribution in [0.25, 0.3) is 0 Å². The number of anilines is 2.